The lowest BCUT2D eigenvalue weighted by Gasteiger charge is -2.30. The SMILES string of the molecule is CCCc1c(C)cc2c(c1NC1=NCC(C(=O)OC(C)C)(C3=NOC(C(C)(C)O)=CC3)O1)CCC2. The zero-order valence-electron chi connectivity index (χ0n) is 21.7. The van der Waals surface area contributed by atoms with Crippen molar-refractivity contribution >= 4 is 23.4 Å². The van der Waals surface area contributed by atoms with Crippen LogP contribution in [0.2, 0.25) is 0 Å². The maximum Gasteiger partial charge on any atom is 0.359 e. The van der Waals surface area contributed by atoms with Crippen LogP contribution in [0.5, 0.6) is 0 Å². The molecule has 0 bridgehead atoms. The minimum Gasteiger partial charge on any atom is -0.460 e. The first kappa shape index (κ1) is 25.2. The van der Waals surface area contributed by atoms with Crippen LogP contribution in [-0.2, 0) is 38.4 Å². The second-order valence-electron chi connectivity index (χ2n) is 10.4. The standard InChI is InChI=1S/C27H37N3O5/c1-7-9-19-17(4)14-18-10-8-11-20(18)23(19)29-25-28-15-27(34-25,24(31)33-16(2)3)21-12-13-22(35-30-21)26(5,6)32/h13-14,16,32H,7-12,15H2,1-6H3,(H,28,29). The van der Waals surface area contributed by atoms with E-state index in [9.17, 15) is 9.90 Å². The Hall–Kier alpha value is -2.87. The molecule has 8 nitrogen and oxygen atoms in total. The van der Waals surface area contributed by atoms with Gasteiger partial charge in [-0.15, -0.1) is 0 Å². The maximum atomic E-state index is 13.3. The fourth-order valence-corrected chi connectivity index (χ4v) is 4.90. The van der Waals surface area contributed by atoms with Crippen molar-refractivity contribution in [3.63, 3.8) is 0 Å². The summed E-state index contributed by atoms with van der Waals surface area (Å²) in [5, 5.41) is 17.9. The lowest BCUT2D eigenvalue weighted by molar-refractivity contribution is -0.159. The molecule has 1 aliphatic carbocycles. The number of allylic oxidation sites excluding steroid dienone is 1. The Morgan fingerprint density at radius 3 is 2.74 bits per heavy atom. The predicted octanol–water partition coefficient (Wildman–Crippen LogP) is 4.36. The molecular formula is C27H37N3O5. The molecule has 2 heterocycles. The lowest BCUT2D eigenvalue weighted by Crippen LogP contribution is -2.52. The second kappa shape index (κ2) is 9.64. The summed E-state index contributed by atoms with van der Waals surface area (Å²) in [6.45, 7) is 11.2. The quantitative estimate of drug-likeness (QED) is 0.559. The van der Waals surface area contributed by atoms with E-state index >= 15 is 0 Å². The molecule has 2 N–H and O–H groups in total. The molecule has 3 aliphatic rings. The van der Waals surface area contributed by atoms with E-state index in [1.54, 1.807) is 33.8 Å². The Balaban J connectivity index is 1.63. The molecule has 1 aromatic rings. The van der Waals surface area contributed by atoms with Crippen LogP contribution in [0, 0.1) is 6.92 Å². The Morgan fingerprint density at radius 2 is 2.11 bits per heavy atom. The largest absolute Gasteiger partial charge is 0.460 e. The van der Waals surface area contributed by atoms with Gasteiger partial charge in [0.05, 0.1) is 6.10 Å². The highest BCUT2D eigenvalue weighted by Crippen LogP contribution is 2.37. The van der Waals surface area contributed by atoms with Crippen molar-refractivity contribution in [3.8, 4) is 0 Å². The molecule has 2 aliphatic heterocycles. The van der Waals surface area contributed by atoms with Crippen molar-refractivity contribution in [2.24, 2.45) is 10.1 Å². The normalized spacial score (nSPS) is 21.5. The molecule has 8 heteroatoms. The van der Waals surface area contributed by atoms with Gasteiger partial charge in [-0.1, -0.05) is 24.6 Å². The summed E-state index contributed by atoms with van der Waals surface area (Å²) in [4.78, 5) is 23.4. The molecule has 35 heavy (non-hydrogen) atoms. The summed E-state index contributed by atoms with van der Waals surface area (Å²) in [5.74, 6) is -0.232. The summed E-state index contributed by atoms with van der Waals surface area (Å²) < 4.78 is 11.8. The third-order valence-corrected chi connectivity index (χ3v) is 6.66. The number of oxime groups is 1. The number of anilines is 1. The van der Waals surface area contributed by atoms with Gasteiger partial charge in [0.2, 0.25) is 0 Å². The predicted molar refractivity (Wildman–Crippen MR) is 136 cm³/mol. The van der Waals surface area contributed by atoms with Gasteiger partial charge in [-0.3, -0.25) is 0 Å². The zero-order valence-corrected chi connectivity index (χ0v) is 21.7. The summed E-state index contributed by atoms with van der Waals surface area (Å²) in [7, 11) is 0. The van der Waals surface area contributed by atoms with Gasteiger partial charge in [-0.05, 0) is 88.6 Å². The number of rotatable bonds is 7. The van der Waals surface area contributed by atoms with Crippen molar-refractivity contribution in [2.75, 3.05) is 11.9 Å². The highest BCUT2D eigenvalue weighted by molar-refractivity contribution is 6.14. The number of benzene rings is 1. The first-order valence-electron chi connectivity index (χ1n) is 12.6. The van der Waals surface area contributed by atoms with Crippen LogP contribution in [0.4, 0.5) is 5.69 Å². The number of ether oxygens (including phenoxy) is 2. The Kier molecular flexibility index (Phi) is 6.95. The van der Waals surface area contributed by atoms with Crippen molar-refractivity contribution in [1.29, 1.82) is 0 Å². The van der Waals surface area contributed by atoms with Gasteiger partial charge in [0, 0.05) is 12.1 Å². The van der Waals surface area contributed by atoms with Gasteiger partial charge in [-0.25, -0.2) is 9.79 Å². The van der Waals surface area contributed by atoms with E-state index in [-0.39, 0.29) is 25.1 Å². The Morgan fingerprint density at radius 1 is 1.34 bits per heavy atom. The van der Waals surface area contributed by atoms with Crippen LogP contribution in [0.3, 0.4) is 0 Å². The highest BCUT2D eigenvalue weighted by Gasteiger charge is 2.53. The topological polar surface area (TPSA) is 102 Å². The van der Waals surface area contributed by atoms with Crippen molar-refractivity contribution in [1.82, 2.24) is 0 Å². The van der Waals surface area contributed by atoms with Gasteiger partial charge >= 0.3 is 5.97 Å². The van der Waals surface area contributed by atoms with E-state index in [2.05, 4.69) is 35.4 Å². The number of hydrogen-bond acceptors (Lipinski definition) is 8. The molecule has 0 aromatic heterocycles. The summed E-state index contributed by atoms with van der Waals surface area (Å²) >= 11 is 0. The van der Waals surface area contributed by atoms with Crippen LogP contribution in [0.15, 0.2) is 28.0 Å². The van der Waals surface area contributed by atoms with Crippen molar-refractivity contribution in [2.45, 2.75) is 97.4 Å². The van der Waals surface area contributed by atoms with E-state index in [0.29, 0.717) is 11.5 Å². The van der Waals surface area contributed by atoms with Crippen LogP contribution in [0.1, 0.15) is 76.1 Å². The molecule has 0 saturated carbocycles. The van der Waals surface area contributed by atoms with E-state index in [1.807, 2.05) is 0 Å². The van der Waals surface area contributed by atoms with Crippen LogP contribution < -0.4 is 5.32 Å². The van der Waals surface area contributed by atoms with Crippen LogP contribution in [-0.4, -0.2) is 46.7 Å². The van der Waals surface area contributed by atoms with Crippen LogP contribution in [0.25, 0.3) is 0 Å². The van der Waals surface area contributed by atoms with Crippen LogP contribution >= 0.6 is 0 Å². The molecule has 1 atom stereocenters. The number of carbonyl (C=O) groups excluding carboxylic acids is 1. The van der Waals surface area contributed by atoms with Crippen molar-refractivity contribution in [3.05, 3.63) is 40.2 Å². The molecule has 0 spiro atoms. The fraction of sp³-hybridized carbons (Fsp3) is 0.593. The number of nitrogens with one attached hydrogen (secondary N) is 1. The van der Waals surface area contributed by atoms with Gasteiger partial charge < -0.3 is 24.7 Å². The molecule has 0 radical (unpaired) electrons. The zero-order chi connectivity index (χ0) is 25.4. The second-order valence-corrected chi connectivity index (χ2v) is 10.4. The molecular weight excluding hydrogens is 446 g/mol. The van der Waals surface area contributed by atoms with Gasteiger partial charge in [0.25, 0.3) is 11.6 Å². The molecule has 0 amide bonds. The summed E-state index contributed by atoms with van der Waals surface area (Å²) in [6, 6.07) is 2.59. The monoisotopic (exact) mass is 483 g/mol. The molecule has 190 valence electrons. The number of hydrogen-bond donors (Lipinski definition) is 2. The third kappa shape index (κ3) is 4.94. The Bertz CT molecular complexity index is 1100. The number of esters is 1. The minimum absolute atomic E-state index is 0.0336. The number of carbonyl (C=O) groups is 1. The molecule has 1 aromatic carbocycles. The first-order chi connectivity index (χ1) is 16.5. The van der Waals surface area contributed by atoms with E-state index in [4.69, 9.17) is 14.3 Å². The number of fused-ring (bicyclic) bond motifs is 1. The summed E-state index contributed by atoms with van der Waals surface area (Å²) in [5.41, 5.74) is 3.91. The average molecular weight is 484 g/mol. The lowest BCUT2D eigenvalue weighted by atomic mass is 9.93. The van der Waals surface area contributed by atoms with Crippen molar-refractivity contribution < 1.29 is 24.2 Å². The number of aliphatic imine (C=N–C) groups is 1. The number of aliphatic hydroxyl groups is 1. The van der Waals surface area contributed by atoms with Gasteiger partial charge in [0.1, 0.15) is 17.9 Å². The molecule has 0 fully saturated rings. The number of aryl methyl sites for hydroxylation is 2. The van der Waals surface area contributed by atoms with E-state index in [0.717, 1.165) is 37.8 Å². The van der Waals surface area contributed by atoms with E-state index in [1.165, 1.54) is 22.3 Å². The maximum absolute atomic E-state index is 13.3. The van der Waals surface area contributed by atoms with E-state index < -0.39 is 17.2 Å². The smallest absolute Gasteiger partial charge is 0.359 e. The first-order valence-corrected chi connectivity index (χ1v) is 12.6. The average Bonchev–Trinajstić information content (AvgIpc) is 3.43. The van der Waals surface area contributed by atoms with Gasteiger partial charge in [0.15, 0.2) is 5.76 Å². The van der Waals surface area contributed by atoms with Gasteiger partial charge in [-0.2, -0.15) is 0 Å². The third-order valence-electron chi connectivity index (χ3n) is 6.66. The molecule has 4 rings (SSSR count). The number of amidine groups is 1. The fourth-order valence-electron chi connectivity index (χ4n) is 4.90. The highest BCUT2D eigenvalue weighted by atomic mass is 16.6. The summed E-state index contributed by atoms with van der Waals surface area (Å²) in [6.07, 6.45) is 6.83. The molecule has 1 unspecified atom stereocenters. The minimum atomic E-state index is -1.52. The molecule has 0 saturated heterocycles. The number of nitrogens with zero attached hydrogens (tertiary/aromatic N) is 2. The Labute approximate surface area is 207 Å².